The average molecular weight is 412 g/mol. The van der Waals surface area contributed by atoms with E-state index in [1.807, 2.05) is 0 Å². The summed E-state index contributed by atoms with van der Waals surface area (Å²) in [5.74, 6) is -0.921. The largest absolute Gasteiger partial charge is 0.330 e. The highest BCUT2D eigenvalue weighted by molar-refractivity contribution is 6.27. The number of amides is 3. The first-order chi connectivity index (χ1) is 14.6. The van der Waals surface area contributed by atoms with E-state index in [9.17, 15) is 14.4 Å². The molecule has 0 unspecified atom stereocenters. The molecule has 1 aliphatic rings. The van der Waals surface area contributed by atoms with E-state index in [0.717, 1.165) is 38.8 Å². The van der Waals surface area contributed by atoms with Crippen LogP contribution in [0.25, 0.3) is 10.8 Å². The monoisotopic (exact) mass is 411 g/mol. The van der Waals surface area contributed by atoms with Gasteiger partial charge in [-0.05, 0) is 63.5 Å². The third-order valence-corrected chi connectivity index (χ3v) is 5.24. The smallest absolute Gasteiger partial charge is 0.261 e. The van der Waals surface area contributed by atoms with Crippen LogP contribution in [-0.2, 0) is 4.79 Å². The third-order valence-electron chi connectivity index (χ3n) is 5.24. The molecular weight excluding hydrogens is 382 g/mol. The van der Waals surface area contributed by atoms with Crippen molar-refractivity contribution >= 4 is 34.2 Å². The van der Waals surface area contributed by atoms with E-state index in [1.54, 1.807) is 30.3 Å². The van der Waals surface area contributed by atoms with Gasteiger partial charge in [-0.25, -0.2) is 0 Å². The molecule has 8 heteroatoms. The summed E-state index contributed by atoms with van der Waals surface area (Å²) in [6.07, 6.45) is 3.67. The summed E-state index contributed by atoms with van der Waals surface area (Å²) in [5, 5.41) is 7.33. The first-order valence-corrected chi connectivity index (χ1v) is 10.4. The summed E-state index contributed by atoms with van der Waals surface area (Å²) in [6, 6.07) is 8.63. The summed E-state index contributed by atoms with van der Waals surface area (Å²) in [6.45, 7) is 2.71. The van der Waals surface area contributed by atoms with Crippen molar-refractivity contribution in [3.05, 3.63) is 41.5 Å². The van der Waals surface area contributed by atoms with Crippen LogP contribution < -0.4 is 22.1 Å². The van der Waals surface area contributed by atoms with Crippen LogP contribution in [0.4, 0.5) is 5.69 Å². The third kappa shape index (κ3) is 4.67. The molecule has 3 amide bonds. The molecule has 0 aromatic heterocycles. The Morgan fingerprint density at radius 2 is 1.60 bits per heavy atom. The van der Waals surface area contributed by atoms with E-state index in [2.05, 4.69) is 10.6 Å². The zero-order valence-electron chi connectivity index (χ0n) is 17.1. The maximum absolute atomic E-state index is 13.0. The molecular formula is C22H29N5O3. The number of carbonyl (C=O) groups is 3. The number of nitrogens with zero attached hydrogens (tertiary/aromatic N) is 1. The van der Waals surface area contributed by atoms with Gasteiger partial charge >= 0.3 is 0 Å². The number of nitrogens with one attached hydrogen (secondary N) is 2. The number of anilines is 1. The van der Waals surface area contributed by atoms with Gasteiger partial charge in [0.15, 0.2) is 0 Å². The number of unbranched alkanes of at least 4 members (excludes halogenated alkanes) is 2. The lowest BCUT2D eigenvalue weighted by Gasteiger charge is -2.28. The Labute approximate surface area is 176 Å². The summed E-state index contributed by atoms with van der Waals surface area (Å²) in [4.78, 5) is 39.1. The van der Waals surface area contributed by atoms with Gasteiger partial charge in [-0.1, -0.05) is 12.1 Å². The van der Waals surface area contributed by atoms with Crippen LogP contribution in [0, 0.1) is 0 Å². The molecule has 2 aromatic carbocycles. The van der Waals surface area contributed by atoms with Crippen LogP contribution in [0.3, 0.4) is 0 Å². The molecule has 8 nitrogen and oxygen atoms in total. The van der Waals surface area contributed by atoms with Gasteiger partial charge in [0.05, 0.1) is 6.54 Å². The second-order valence-corrected chi connectivity index (χ2v) is 7.36. The van der Waals surface area contributed by atoms with Crippen molar-refractivity contribution in [1.82, 2.24) is 10.2 Å². The Balaban J connectivity index is 1.71. The van der Waals surface area contributed by atoms with Crippen LogP contribution in [0.5, 0.6) is 0 Å². The average Bonchev–Trinajstić information content (AvgIpc) is 2.76. The number of hydrogen-bond donors (Lipinski definition) is 4. The molecule has 0 saturated heterocycles. The fourth-order valence-electron chi connectivity index (χ4n) is 3.70. The van der Waals surface area contributed by atoms with Crippen LogP contribution in [-0.4, -0.2) is 55.3 Å². The van der Waals surface area contributed by atoms with Gasteiger partial charge in [0.1, 0.15) is 0 Å². The van der Waals surface area contributed by atoms with E-state index in [4.69, 9.17) is 11.5 Å². The van der Waals surface area contributed by atoms with Gasteiger partial charge in [-0.15, -0.1) is 0 Å². The first-order valence-electron chi connectivity index (χ1n) is 10.4. The zero-order chi connectivity index (χ0) is 21.5. The van der Waals surface area contributed by atoms with Gasteiger partial charge < -0.3 is 22.1 Å². The lowest BCUT2D eigenvalue weighted by Crippen LogP contribution is -2.41. The van der Waals surface area contributed by atoms with Crippen molar-refractivity contribution in [1.29, 1.82) is 0 Å². The second kappa shape index (κ2) is 10.3. The molecule has 160 valence electrons. The van der Waals surface area contributed by atoms with Gasteiger partial charge in [-0.2, -0.15) is 0 Å². The van der Waals surface area contributed by atoms with Gasteiger partial charge in [0, 0.05) is 34.1 Å². The van der Waals surface area contributed by atoms with Crippen molar-refractivity contribution in [2.75, 3.05) is 38.0 Å². The predicted octanol–water partition coefficient (Wildman–Crippen LogP) is 1.44. The van der Waals surface area contributed by atoms with Gasteiger partial charge in [-0.3, -0.25) is 19.3 Å². The summed E-state index contributed by atoms with van der Waals surface area (Å²) in [7, 11) is 0. The summed E-state index contributed by atoms with van der Waals surface area (Å²) in [5.41, 5.74) is 12.4. The molecule has 0 aliphatic carbocycles. The molecule has 0 fully saturated rings. The minimum Gasteiger partial charge on any atom is -0.330 e. The maximum Gasteiger partial charge on any atom is 0.261 e. The molecule has 0 saturated carbocycles. The SMILES string of the molecule is NCCCCNCCCCN1C(=O)c2cccc3c(NC(=O)CN)ccc(c23)C1=O. The molecule has 6 N–H and O–H groups in total. The maximum atomic E-state index is 13.0. The van der Waals surface area contributed by atoms with Gasteiger partial charge in [0.2, 0.25) is 5.91 Å². The van der Waals surface area contributed by atoms with Crippen molar-refractivity contribution in [3.8, 4) is 0 Å². The van der Waals surface area contributed by atoms with E-state index in [-0.39, 0.29) is 24.3 Å². The summed E-state index contributed by atoms with van der Waals surface area (Å²) >= 11 is 0. The number of imide groups is 1. The molecule has 0 atom stereocenters. The molecule has 1 aliphatic heterocycles. The fraction of sp³-hybridized carbons (Fsp3) is 0.409. The first kappa shape index (κ1) is 21.9. The Hall–Kier alpha value is -2.81. The van der Waals surface area contributed by atoms with E-state index < -0.39 is 0 Å². The Kier molecular flexibility index (Phi) is 7.51. The van der Waals surface area contributed by atoms with Crippen LogP contribution in [0.1, 0.15) is 46.4 Å². The number of carbonyl (C=O) groups excluding carboxylic acids is 3. The Morgan fingerprint density at radius 3 is 2.30 bits per heavy atom. The second-order valence-electron chi connectivity index (χ2n) is 7.36. The molecule has 0 radical (unpaired) electrons. The van der Waals surface area contributed by atoms with Gasteiger partial charge in [0.25, 0.3) is 11.8 Å². The number of benzene rings is 2. The predicted molar refractivity (Wildman–Crippen MR) is 117 cm³/mol. The standard InChI is InChI=1S/C22H29N5O3/c23-10-1-2-11-25-12-3-4-13-27-21(29)16-7-5-6-15-18(26-19(28)14-24)9-8-17(20(15)16)22(27)30/h5-9,25H,1-4,10-14,23-24H2,(H,26,28). The van der Waals surface area contributed by atoms with Crippen molar-refractivity contribution < 1.29 is 14.4 Å². The molecule has 2 aromatic rings. The molecule has 1 heterocycles. The van der Waals surface area contributed by atoms with Crippen molar-refractivity contribution in [3.63, 3.8) is 0 Å². The highest BCUT2D eigenvalue weighted by Crippen LogP contribution is 2.34. The topological polar surface area (TPSA) is 131 Å². The molecule has 0 spiro atoms. The summed E-state index contributed by atoms with van der Waals surface area (Å²) < 4.78 is 0. The molecule has 3 rings (SSSR count). The van der Waals surface area contributed by atoms with Crippen molar-refractivity contribution in [2.24, 2.45) is 11.5 Å². The quantitative estimate of drug-likeness (QED) is 0.327. The van der Waals surface area contributed by atoms with Crippen LogP contribution >= 0.6 is 0 Å². The molecule has 30 heavy (non-hydrogen) atoms. The van der Waals surface area contributed by atoms with Crippen LogP contribution in [0.2, 0.25) is 0 Å². The zero-order valence-corrected chi connectivity index (χ0v) is 17.1. The van der Waals surface area contributed by atoms with E-state index >= 15 is 0 Å². The lowest BCUT2D eigenvalue weighted by atomic mass is 9.93. The number of nitrogens with two attached hydrogens (primary N) is 2. The normalized spacial score (nSPS) is 13.2. The van der Waals surface area contributed by atoms with E-state index in [0.29, 0.717) is 40.7 Å². The Morgan fingerprint density at radius 1 is 0.900 bits per heavy atom. The highest BCUT2D eigenvalue weighted by Gasteiger charge is 2.32. The van der Waals surface area contributed by atoms with E-state index in [1.165, 1.54) is 4.90 Å². The lowest BCUT2D eigenvalue weighted by molar-refractivity contribution is -0.114. The molecule has 0 bridgehead atoms. The number of rotatable bonds is 11. The van der Waals surface area contributed by atoms with Crippen molar-refractivity contribution in [2.45, 2.75) is 25.7 Å². The minimum absolute atomic E-state index is 0.142. The van der Waals surface area contributed by atoms with Crippen LogP contribution in [0.15, 0.2) is 30.3 Å². The number of hydrogen-bond acceptors (Lipinski definition) is 6. The minimum atomic E-state index is -0.331. The highest BCUT2D eigenvalue weighted by atomic mass is 16.2. The fourth-order valence-corrected chi connectivity index (χ4v) is 3.70. The Bertz CT molecular complexity index is 922.